The van der Waals surface area contributed by atoms with Crippen molar-refractivity contribution in [2.45, 2.75) is 0 Å². The second kappa shape index (κ2) is 8.37. The van der Waals surface area contributed by atoms with Crippen LogP contribution in [-0.2, 0) is 4.79 Å². The Morgan fingerprint density at radius 2 is 1.16 bits per heavy atom. The fourth-order valence-electron chi connectivity index (χ4n) is 3.04. The number of ketones is 1. The molecule has 4 rings (SSSR count). The van der Waals surface area contributed by atoms with E-state index in [0.29, 0.717) is 11.4 Å². The summed E-state index contributed by atoms with van der Waals surface area (Å²) >= 11 is 0. The molecule has 3 aromatic carbocycles. The van der Waals surface area contributed by atoms with Gasteiger partial charge < -0.3 is 26.6 Å². The highest BCUT2D eigenvalue weighted by molar-refractivity contribution is 6.52. The topological polar surface area (TPSA) is 128 Å². The summed E-state index contributed by atoms with van der Waals surface area (Å²) in [5.41, 5.74) is 1.76. The first-order valence-corrected chi connectivity index (χ1v) is 9.29. The molecule has 1 aliphatic heterocycles. The predicted octanol–water partition coefficient (Wildman–Crippen LogP) is 4.11. The van der Waals surface area contributed by atoms with Gasteiger partial charge in [0.15, 0.2) is 0 Å². The van der Waals surface area contributed by atoms with Gasteiger partial charge in [0, 0.05) is 17.1 Å². The Labute approximate surface area is 176 Å². The number of hydrogen-bond acceptors (Lipinski definition) is 4. The number of benzene rings is 3. The molecule has 154 valence electrons. The van der Waals surface area contributed by atoms with Crippen molar-refractivity contribution in [1.29, 1.82) is 0 Å². The van der Waals surface area contributed by atoms with Gasteiger partial charge >= 0.3 is 12.1 Å². The molecule has 9 heteroatoms. The Morgan fingerprint density at radius 3 is 1.74 bits per heavy atom. The number of amides is 5. The third kappa shape index (κ3) is 4.51. The molecular weight excluding hydrogens is 398 g/mol. The SMILES string of the molecule is O=C(Nc1ccccc1)Nc1cc(NC(=O)Nc2ccccc2)c2c(c1)C(=O)C(=O)N2. The normalized spacial score (nSPS) is 11.9. The van der Waals surface area contributed by atoms with E-state index in [1.165, 1.54) is 12.1 Å². The minimum atomic E-state index is -0.813. The van der Waals surface area contributed by atoms with Crippen molar-refractivity contribution in [1.82, 2.24) is 0 Å². The number of urea groups is 2. The molecule has 9 nitrogen and oxygen atoms in total. The first-order chi connectivity index (χ1) is 15.0. The van der Waals surface area contributed by atoms with Crippen LogP contribution in [0.15, 0.2) is 72.8 Å². The van der Waals surface area contributed by atoms with E-state index in [1.54, 1.807) is 48.5 Å². The molecule has 1 heterocycles. The summed E-state index contributed by atoms with van der Waals surface area (Å²) < 4.78 is 0. The monoisotopic (exact) mass is 415 g/mol. The van der Waals surface area contributed by atoms with Crippen molar-refractivity contribution in [3.8, 4) is 0 Å². The van der Waals surface area contributed by atoms with E-state index in [0.717, 1.165) is 0 Å². The molecule has 0 atom stereocenters. The molecular formula is C22H17N5O4. The third-order valence-corrected chi connectivity index (χ3v) is 4.40. The van der Waals surface area contributed by atoms with Crippen molar-refractivity contribution < 1.29 is 19.2 Å². The largest absolute Gasteiger partial charge is 0.323 e. The Bertz CT molecular complexity index is 1180. The lowest BCUT2D eigenvalue weighted by molar-refractivity contribution is -0.112. The standard InChI is InChI=1S/C22H17N5O4/c28-19-16-11-15(25-21(30)23-13-7-3-1-4-8-13)12-17(18(16)27-20(19)29)26-22(31)24-14-9-5-2-6-10-14/h1-12H,(H2,23,25,30)(H2,24,26,31)(H,27,28,29). The van der Waals surface area contributed by atoms with Crippen LogP contribution >= 0.6 is 0 Å². The highest BCUT2D eigenvalue weighted by atomic mass is 16.2. The van der Waals surface area contributed by atoms with Crippen LogP contribution in [0.2, 0.25) is 0 Å². The minimum absolute atomic E-state index is 0.0533. The van der Waals surface area contributed by atoms with Crippen molar-refractivity contribution in [2.24, 2.45) is 0 Å². The number of anilines is 5. The molecule has 5 N–H and O–H groups in total. The zero-order valence-corrected chi connectivity index (χ0v) is 16.1. The van der Waals surface area contributed by atoms with Crippen LogP contribution in [0.4, 0.5) is 38.0 Å². The van der Waals surface area contributed by atoms with Gasteiger partial charge in [-0.1, -0.05) is 36.4 Å². The molecule has 0 aliphatic carbocycles. The van der Waals surface area contributed by atoms with E-state index in [9.17, 15) is 19.2 Å². The number of carbonyl (C=O) groups is 4. The highest BCUT2D eigenvalue weighted by Crippen LogP contribution is 2.35. The molecule has 0 bridgehead atoms. The van der Waals surface area contributed by atoms with Crippen LogP contribution in [0.1, 0.15) is 10.4 Å². The van der Waals surface area contributed by atoms with Crippen LogP contribution in [-0.4, -0.2) is 23.8 Å². The zero-order chi connectivity index (χ0) is 21.8. The van der Waals surface area contributed by atoms with Gasteiger partial charge in [-0.2, -0.15) is 0 Å². The summed E-state index contributed by atoms with van der Waals surface area (Å²) in [6.45, 7) is 0. The summed E-state index contributed by atoms with van der Waals surface area (Å²) in [6.07, 6.45) is 0. The van der Waals surface area contributed by atoms with Gasteiger partial charge in [-0.25, -0.2) is 9.59 Å². The Hall–Kier alpha value is -4.66. The number of Topliss-reactive ketones (excluding diaryl/α,β-unsaturated/α-hetero) is 1. The second-order valence-electron chi connectivity index (χ2n) is 6.62. The fraction of sp³-hybridized carbons (Fsp3) is 0. The smallest absolute Gasteiger partial charge is 0.317 e. The summed E-state index contributed by atoms with van der Waals surface area (Å²) in [4.78, 5) is 48.7. The van der Waals surface area contributed by atoms with Gasteiger partial charge in [-0.15, -0.1) is 0 Å². The zero-order valence-electron chi connectivity index (χ0n) is 16.1. The number of rotatable bonds is 4. The van der Waals surface area contributed by atoms with Crippen molar-refractivity contribution in [2.75, 3.05) is 26.6 Å². The van der Waals surface area contributed by atoms with Crippen LogP contribution < -0.4 is 26.6 Å². The maximum absolute atomic E-state index is 12.4. The molecule has 3 aromatic rings. The average molecular weight is 415 g/mol. The summed E-state index contributed by atoms with van der Waals surface area (Å²) in [5, 5.41) is 13.0. The van der Waals surface area contributed by atoms with Crippen molar-refractivity contribution >= 4 is 52.2 Å². The lowest BCUT2D eigenvalue weighted by atomic mass is 10.1. The summed E-state index contributed by atoms with van der Waals surface area (Å²) in [6, 6.07) is 19.3. The summed E-state index contributed by atoms with van der Waals surface area (Å²) in [5.74, 6) is -1.57. The van der Waals surface area contributed by atoms with Crippen LogP contribution in [0.25, 0.3) is 0 Å². The maximum Gasteiger partial charge on any atom is 0.323 e. The van der Waals surface area contributed by atoms with E-state index in [1.807, 2.05) is 12.1 Å². The van der Waals surface area contributed by atoms with E-state index >= 15 is 0 Å². The fourth-order valence-corrected chi connectivity index (χ4v) is 3.04. The first-order valence-electron chi connectivity index (χ1n) is 9.29. The molecule has 31 heavy (non-hydrogen) atoms. The highest BCUT2D eigenvalue weighted by Gasteiger charge is 2.31. The third-order valence-electron chi connectivity index (χ3n) is 4.40. The molecule has 0 fully saturated rings. The molecule has 1 aliphatic rings. The maximum atomic E-state index is 12.4. The van der Waals surface area contributed by atoms with E-state index < -0.39 is 23.8 Å². The molecule has 0 unspecified atom stereocenters. The minimum Gasteiger partial charge on any atom is -0.317 e. The van der Waals surface area contributed by atoms with Crippen LogP contribution in [0, 0.1) is 0 Å². The van der Waals surface area contributed by atoms with Gasteiger partial charge in [-0.3, -0.25) is 9.59 Å². The van der Waals surface area contributed by atoms with Gasteiger partial charge in [0.1, 0.15) is 0 Å². The Balaban J connectivity index is 1.56. The quantitative estimate of drug-likeness (QED) is 0.411. The van der Waals surface area contributed by atoms with Gasteiger partial charge in [0.2, 0.25) is 0 Å². The van der Waals surface area contributed by atoms with Crippen molar-refractivity contribution in [3.05, 3.63) is 78.4 Å². The lowest BCUT2D eigenvalue weighted by Crippen LogP contribution is -2.21. The van der Waals surface area contributed by atoms with Gasteiger partial charge in [-0.05, 0) is 36.4 Å². The van der Waals surface area contributed by atoms with Crippen molar-refractivity contribution in [3.63, 3.8) is 0 Å². The van der Waals surface area contributed by atoms with E-state index in [4.69, 9.17) is 0 Å². The summed E-state index contributed by atoms with van der Waals surface area (Å²) in [7, 11) is 0. The second-order valence-corrected chi connectivity index (χ2v) is 6.62. The molecule has 0 aromatic heterocycles. The van der Waals surface area contributed by atoms with Crippen LogP contribution in [0.3, 0.4) is 0 Å². The number of carbonyl (C=O) groups excluding carboxylic acids is 4. The predicted molar refractivity (Wildman–Crippen MR) is 118 cm³/mol. The molecule has 0 spiro atoms. The van der Waals surface area contributed by atoms with Gasteiger partial charge in [0.25, 0.3) is 11.7 Å². The molecule has 0 radical (unpaired) electrons. The first kappa shape index (κ1) is 19.6. The number of hydrogen-bond donors (Lipinski definition) is 5. The van der Waals surface area contributed by atoms with Crippen LogP contribution in [0.5, 0.6) is 0 Å². The lowest BCUT2D eigenvalue weighted by Gasteiger charge is -2.14. The Kier molecular flexibility index (Phi) is 5.31. The molecule has 0 saturated heterocycles. The molecule has 5 amide bonds. The van der Waals surface area contributed by atoms with E-state index in [2.05, 4.69) is 26.6 Å². The molecule has 0 saturated carbocycles. The van der Waals surface area contributed by atoms with Gasteiger partial charge in [0.05, 0.1) is 16.9 Å². The van der Waals surface area contributed by atoms with E-state index in [-0.39, 0.29) is 22.6 Å². The average Bonchev–Trinajstić information content (AvgIpc) is 3.04. The number of nitrogens with one attached hydrogen (secondary N) is 5. The number of fused-ring (bicyclic) bond motifs is 1. The Morgan fingerprint density at radius 1 is 0.645 bits per heavy atom. The number of para-hydroxylation sites is 2.